The summed E-state index contributed by atoms with van der Waals surface area (Å²) in [6, 6.07) is 6.51. The lowest BCUT2D eigenvalue weighted by Crippen LogP contribution is -2.45. The van der Waals surface area contributed by atoms with Gasteiger partial charge in [0.15, 0.2) is 12.0 Å². The molecule has 11 nitrogen and oxygen atoms in total. The summed E-state index contributed by atoms with van der Waals surface area (Å²) in [7, 11) is 0. The molecule has 0 bridgehead atoms. The molecule has 4 aromatic rings. The SMILES string of the molecule is Cc1c(F)cc2c(cnn2C2CCCCO2)c1-n1c(N(C(=O)OC(C)(C)C)C(=O)OC(C)(C)C)c(C#N)c2ccc(Cl)nc21. The molecule has 1 aliphatic heterocycles. The maximum absolute atomic E-state index is 15.9. The molecule has 0 radical (unpaired) electrons. The van der Waals surface area contributed by atoms with Crippen LogP contribution in [0.3, 0.4) is 0 Å². The van der Waals surface area contributed by atoms with Gasteiger partial charge in [-0.25, -0.2) is 23.6 Å². The van der Waals surface area contributed by atoms with Gasteiger partial charge in [-0.1, -0.05) is 11.6 Å². The topological polar surface area (TPSA) is 125 Å². The molecule has 44 heavy (non-hydrogen) atoms. The average molecular weight is 625 g/mol. The van der Waals surface area contributed by atoms with Crippen LogP contribution in [0.25, 0.3) is 27.6 Å². The predicted octanol–water partition coefficient (Wildman–Crippen LogP) is 7.72. The molecule has 0 spiro atoms. The number of ether oxygens (including phenoxy) is 3. The van der Waals surface area contributed by atoms with Crippen molar-refractivity contribution in [3.63, 3.8) is 0 Å². The van der Waals surface area contributed by atoms with Crippen molar-refractivity contribution in [2.24, 2.45) is 0 Å². The van der Waals surface area contributed by atoms with Crippen LogP contribution in [-0.4, -0.2) is 49.3 Å². The van der Waals surface area contributed by atoms with E-state index in [1.54, 1.807) is 65.4 Å². The maximum Gasteiger partial charge on any atom is 0.425 e. The lowest BCUT2D eigenvalue weighted by Gasteiger charge is -2.29. The molecule has 0 aliphatic carbocycles. The number of imide groups is 1. The summed E-state index contributed by atoms with van der Waals surface area (Å²) >= 11 is 6.35. The number of carbonyl (C=O) groups excluding carboxylic acids is 2. The molecule has 0 saturated carbocycles. The van der Waals surface area contributed by atoms with E-state index in [0.717, 1.165) is 12.8 Å². The van der Waals surface area contributed by atoms with Gasteiger partial charge in [0.2, 0.25) is 0 Å². The number of anilines is 1. The largest absolute Gasteiger partial charge is 0.443 e. The van der Waals surface area contributed by atoms with Crippen LogP contribution in [0.15, 0.2) is 24.4 Å². The van der Waals surface area contributed by atoms with E-state index < -0.39 is 35.4 Å². The van der Waals surface area contributed by atoms with Crippen molar-refractivity contribution in [1.29, 1.82) is 5.26 Å². The zero-order valence-electron chi connectivity index (χ0n) is 25.7. The van der Waals surface area contributed by atoms with Crippen molar-refractivity contribution in [2.45, 2.75) is 85.2 Å². The molecule has 5 rings (SSSR count). The third kappa shape index (κ3) is 5.81. The number of aromatic nitrogens is 4. The highest BCUT2D eigenvalue weighted by atomic mass is 35.5. The van der Waals surface area contributed by atoms with E-state index in [-0.39, 0.29) is 38.8 Å². The smallest absolute Gasteiger partial charge is 0.425 e. The number of nitriles is 1. The number of hydrogen-bond acceptors (Lipinski definition) is 8. The van der Waals surface area contributed by atoms with Gasteiger partial charge in [0, 0.05) is 29.0 Å². The summed E-state index contributed by atoms with van der Waals surface area (Å²) in [6.07, 6.45) is 1.49. The van der Waals surface area contributed by atoms with Gasteiger partial charge in [-0.05, 0) is 79.9 Å². The lowest BCUT2D eigenvalue weighted by molar-refractivity contribution is -0.0367. The molecule has 4 heterocycles. The average Bonchev–Trinajstić information content (AvgIpc) is 3.46. The second kappa shape index (κ2) is 11.4. The van der Waals surface area contributed by atoms with Crippen molar-refractivity contribution in [3.8, 4) is 11.8 Å². The van der Waals surface area contributed by atoms with E-state index in [0.29, 0.717) is 28.8 Å². The zero-order chi connectivity index (χ0) is 32.1. The van der Waals surface area contributed by atoms with Gasteiger partial charge in [-0.15, -0.1) is 0 Å². The third-order valence-corrected chi connectivity index (χ3v) is 7.16. The molecule has 1 unspecified atom stereocenters. The Kier molecular flexibility index (Phi) is 8.07. The Balaban J connectivity index is 1.90. The first-order valence-corrected chi connectivity index (χ1v) is 14.6. The first kappa shape index (κ1) is 31.2. The summed E-state index contributed by atoms with van der Waals surface area (Å²) in [4.78, 5) is 32.8. The van der Waals surface area contributed by atoms with Gasteiger partial charge in [0.1, 0.15) is 39.5 Å². The number of halogens is 2. The number of nitrogens with zero attached hydrogens (tertiary/aromatic N) is 6. The molecular formula is C31H34ClFN6O5. The van der Waals surface area contributed by atoms with Crippen molar-refractivity contribution < 1.29 is 28.2 Å². The fourth-order valence-corrected chi connectivity index (χ4v) is 5.34. The molecule has 1 atom stereocenters. The summed E-state index contributed by atoms with van der Waals surface area (Å²) in [5.74, 6) is -0.822. The van der Waals surface area contributed by atoms with Crippen LogP contribution in [0, 0.1) is 24.1 Å². The molecule has 1 saturated heterocycles. The summed E-state index contributed by atoms with van der Waals surface area (Å²) in [5.41, 5.74) is -1.25. The quantitative estimate of drug-likeness (QED) is 0.212. The Hall–Kier alpha value is -4.21. The number of rotatable bonds is 3. The molecule has 13 heteroatoms. The van der Waals surface area contributed by atoms with E-state index in [2.05, 4.69) is 16.2 Å². The van der Waals surface area contributed by atoms with Gasteiger partial charge in [0.25, 0.3) is 0 Å². The van der Waals surface area contributed by atoms with Crippen LogP contribution in [-0.2, 0) is 14.2 Å². The van der Waals surface area contributed by atoms with E-state index in [9.17, 15) is 14.9 Å². The second-order valence-electron chi connectivity index (χ2n) is 12.6. The molecule has 0 N–H and O–H groups in total. The van der Waals surface area contributed by atoms with Crippen LogP contribution >= 0.6 is 11.6 Å². The molecule has 232 valence electrons. The van der Waals surface area contributed by atoms with Crippen molar-refractivity contribution >= 4 is 51.5 Å². The number of carbonyl (C=O) groups is 2. The monoisotopic (exact) mass is 624 g/mol. The standard InChI is InChI=1S/C31H34ClFN6O5/c1-17-21(33)14-22-20(16-35-39(22)24-10-8-9-13-42-24)25(17)37-26-18(11-12-23(32)36-26)19(15-34)27(37)38(28(40)43-30(2,3)4)29(41)44-31(5,6)7/h11-12,14,16,24H,8-10,13H2,1-7H3. The third-order valence-electron chi connectivity index (χ3n) is 6.95. The molecule has 1 aromatic carbocycles. The van der Waals surface area contributed by atoms with Crippen LogP contribution in [0.5, 0.6) is 0 Å². The summed E-state index contributed by atoms with van der Waals surface area (Å²) in [6.45, 7) is 11.9. The number of pyridine rings is 1. The van der Waals surface area contributed by atoms with Crippen molar-refractivity contribution in [1.82, 2.24) is 19.3 Å². The van der Waals surface area contributed by atoms with Gasteiger partial charge in [-0.2, -0.15) is 15.3 Å². The molecule has 3 aromatic heterocycles. The zero-order valence-corrected chi connectivity index (χ0v) is 26.5. The van der Waals surface area contributed by atoms with Gasteiger partial charge in [0.05, 0.1) is 17.4 Å². The molecular weight excluding hydrogens is 591 g/mol. The van der Waals surface area contributed by atoms with E-state index in [1.807, 2.05) is 0 Å². The Morgan fingerprint density at radius 3 is 2.34 bits per heavy atom. The summed E-state index contributed by atoms with van der Waals surface area (Å²) in [5, 5.41) is 15.8. The minimum absolute atomic E-state index is 0.0741. The van der Waals surface area contributed by atoms with Crippen LogP contribution in [0.2, 0.25) is 5.15 Å². The number of amides is 2. The molecule has 2 amide bonds. The van der Waals surface area contributed by atoms with Gasteiger partial charge < -0.3 is 14.2 Å². The predicted molar refractivity (Wildman–Crippen MR) is 163 cm³/mol. The van der Waals surface area contributed by atoms with Crippen molar-refractivity contribution in [2.75, 3.05) is 11.5 Å². The van der Waals surface area contributed by atoms with E-state index in [1.165, 1.54) is 16.7 Å². The Labute approximate surface area is 259 Å². The number of benzene rings is 1. The lowest BCUT2D eigenvalue weighted by atomic mass is 10.1. The molecule has 1 fully saturated rings. The highest BCUT2D eigenvalue weighted by Crippen LogP contribution is 2.41. The first-order valence-electron chi connectivity index (χ1n) is 14.3. The van der Waals surface area contributed by atoms with E-state index in [4.69, 9.17) is 25.8 Å². The normalized spacial score (nSPS) is 15.8. The second-order valence-corrected chi connectivity index (χ2v) is 13.0. The van der Waals surface area contributed by atoms with Crippen LogP contribution in [0.1, 0.15) is 78.2 Å². The van der Waals surface area contributed by atoms with E-state index >= 15 is 4.39 Å². The fraction of sp³-hybridized carbons (Fsp3) is 0.452. The van der Waals surface area contributed by atoms with Gasteiger partial charge >= 0.3 is 12.2 Å². The maximum atomic E-state index is 15.9. The highest BCUT2D eigenvalue weighted by Gasteiger charge is 2.39. The van der Waals surface area contributed by atoms with Gasteiger partial charge in [-0.3, -0.25) is 4.57 Å². The van der Waals surface area contributed by atoms with Crippen molar-refractivity contribution in [3.05, 3.63) is 46.5 Å². The number of hydrogen-bond donors (Lipinski definition) is 0. The Bertz CT molecular complexity index is 1790. The van der Waals surface area contributed by atoms with Crippen LogP contribution in [0.4, 0.5) is 19.8 Å². The Morgan fingerprint density at radius 2 is 1.77 bits per heavy atom. The minimum atomic E-state index is -1.10. The fourth-order valence-electron chi connectivity index (χ4n) is 5.20. The summed E-state index contributed by atoms with van der Waals surface area (Å²) < 4.78 is 36.1. The Morgan fingerprint density at radius 1 is 1.11 bits per heavy atom. The number of fused-ring (bicyclic) bond motifs is 2. The molecule has 1 aliphatic rings. The highest BCUT2D eigenvalue weighted by molar-refractivity contribution is 6.30. The minimum Gasteiger partial charge on any atom is -0.443 e. The first-order chi connectivity index (χ1) is 20.6. The van der Waals surface area contributed by atoms with Crippen LogP contribution < -0.4 is 4.90 Å².